The van der Waals surface area contributed by atoms with Gasteiger partial charge in [-0.25, -0.2) is 0 Å². The number of carbonyl (C=O) groups is 1. The van der Waals surface area contributed by atoms with Crippen molar-refractivity contribution >= 4 is 18.5 Å². The summed E-state index contributed by atoms with van der Waals surface area (Å²) in [5.41, 5.74) is -0.623. The maximum Gasteiger partial charge on any atom is 0.274 e. The number of hydrogen-bond donors (Lipinski definition) is 3. The Balaban J connectivity index is 2.69. The molecule has 1 aliphatic rings. The zero-order valence-corrected chi connectivity index (χ0v) is 5.38. The molecule has 0 radical (unpaired) electrons. The quantitative estimate of drug-likeness (QED) is 0.320. The molecule has 50 valence electrons. The van der Waals surface area contributed by atoms with Gasteiger partial charge in [0.15, 0.2) is 5.50 Å². The number of rotatable bonds is 0. The molecule has 0 spiro atoms. The number of thiol groups is 1. The number of hydroxylamine groups is 2. The Labute approximate surface area is 57.5 Å². The van der Waals surface area contributed by atoms with Gasteiger partial charge in [-0.15, -0.1) is 12.6 Å². The van der Waals surface area contributed by atoms with Crippen LogP contribution in [-0.4, -0.2) is 21.7 Å². The first-order valence-electron chi connectivity index (χ1n) is 2.34. The zero-order valence-electron chi connectivity index (χ0n) is 4.48. The van der Waals surface area contributed by atoms with Crippen LogP contribution >= 0.6 is 12.6 Å². The third-order valence-electron chi connectivity index (χ3n) is 0.929. The highest BCUT2D eigenvalue weighted by molar-refractivity contribution is 7.80. The van der Waals surface area contributed by atoms with Crippen molar-refractivity contribution in [2.45, 2.75) is 5.50 Å². The van der Waals surface area contributed by atoms with Crippen LogP contribution in [0.4, 0.5) is 0 Å². The van der Waals surface area contributed by atoms with Crippen LogP contribution in [0.15, 0.2) is 12.3 Å². The van der Waals surface area contributed by atoms with Gasteiger partial charge in [-0.2, -0.15) is 5.06 Å². The Bertz CT molecular complexity index is 159. The molecule has 5 heteroatoms. The summed E-state index contributed by atoms with van der Waals surface area (Å²) in [6, 6.07) is 0. The first kappa shape index (κ1) is 6.44. The van der Waals surface area contributed by atoms with Crippen molar-refractivity contribution in [2.24, 2.45) is 0 Å². The second-order valence-electron chi connectivity index (χ2n) is 1.56. The third kappa shape index (κ3) is 1.17. The molecule has 0 saturated heterocycles. The number of amides is 1. The fraction of sp³-hybridized carbons (Fsp3) is 0.250. The van der Waals surface area contributed by atoms with E-state index in [0.717, 1.165) is 0 Å². The van der Waals surface area contributed by atoms with Crippen LogP contribution in [0.5, 0.6) is 0 Å². The van der Waals surface area contributed by atoms with E-state index in [4.69, 9.17) is 5.21 Å². The molecule has 2 N–H and O–H groups in total. The van der Waals surface area contributed by atoms with Crippen LogP contribution in [-0.2, 0) is 4.79 Å². The Kier molecular flexibility index (Phi) is 1.63. The fourth-order valence-electron chi connectivity index (χ4n) is 0.473. The molecule has 9 heavy (non-hydrogen) atoms. The van der Waals surface area contributed by atoms with Gasteiger partial charge in [0, 0.05) is 12.3 Å². The minimum atomic E-state index is -0.623. The van der Waals surface area contributed by atoms with Crippen LogP contribution in [0.1, 0.15) is 0 Å². The molecular formula is C4H6N2O2S. The van der Waals surface area contributed by atoms with E-state index in [1.807, 2.05) is 0 Å². The average Bonchev–Trinajstić information content (AvgIpc) is 1.83. The van der Waals surface area contributed by atoms with Crippen molar-refractivity contribution < 1.29 is 10.0 Å². The minimum absolute atomic E-state index is 0.464. The molecule has 1 aliphatic heterocycles. The molecule has 4 nitrogen and oxygen atoms in total. The van der Waals surface area contributed by atoms with Gasteiger partial charge >= 0.3 is 0 Å². The number of hydrogen-bond acceptors (Lipinski definition) is 4. The number of nitrogens with zero attached hydrogens (tertiary/aromatic N) is 1. The van der Waals surface area contributed by atoms with Gasteiger partial charge in [-0.05, 0) is 0 Å². The van der Waals surface area contributed by atoms with Crippen molar-refractivity contribution in [1.82, 2.24) is 10.4 Å². The second kappa shape index (κ2) is 2.28. The Morgan fingerprint density at radius 2 is 2.56 bits per heavy atom. The zero-order chi connectivity index (χ0) is 6.85. The summed E-state index contributed by atoms with van der Waals surface area (Å²) in [7, 11) is 0. The van der Waals surface area contributed by atoms with Gasteiger partial charge in [0.05, 0.1) is 0 Å². The largest absolute Gasteiger partial charge is 0.361 e. The molecule has 0 bridgehead atoms. The van der Waals surface area contributed by atoms with Crippen LogP contribution in [0, 0.1) is 0 Å². The summed E-state index contributed by atoms with van der Waals surface area (Å²) >= 11 is 3.81. The van der Waals surface area contributed by atoms with E-state index in [-0.39, 0.29) is 0 Å². The second-order valence-corrected chi connectivity index (χ2v) is 2.05. The highest BCUT2D eigenvalue weighted by atomic mass is 32.1. The van der Waals surface area contributed by atoms with Gasteiger partial charge < -0.3 is 5.32 Å². The normalized spacial score (nSPS) is 26.2. The van der Waals surface area contributed by atoms with Gasteiger partial charge in [-0.1, -0.05) is 0 Å². The highest BCUT2D eigenvalue weighted by Crippen LogP contribution is 2.02. The lowest BCUT2D eigenvalue weighted by Gasteiger charge is -2.23. The Hall–Kier alpha value is -0.680. The third-order valence-corrected chi connectivity index (χ3v) is 1.30. The number of nitrogens with one attached hydrogen (secondary N) is 1. The molecule has 0 fully saturated rings. The molecule has 0 aromatic heterocycles. The van der Waals surface area contributed by atoms with Gasteiger partial charge in [0.1, 0.15) is 0 Å². The highest BCUT2D eigenvalue weighted by Gasteiger charge is 2.17. The van der Waals surface area contributed by atoms with Gasteiger partial charge in [0.2, 0.25) is 0 Å². The van der Waals surface area contributed by atoms with Gasteiger partial charge in [0.25, 0.3) is 5.91 Å². The van der Waals surface area contributed by atoms with E-state index in [9.17, 15) is 4.79 Å². The molecular weight excluding hydrogens is 140 g/mol. The molecule has 1 atom stereocenters. The SMILES string of the molecule is O=C1C=CNC(S)N1O. The maximum atomic E-state index is 10.5. The number of carbonyl (C=O) groups excluding carboxylic acids is 1. The monoisotopic (exact) mass is 146 g/mol. The maximum absolute atomic E-state index is 10.5. The van der Waals surface area contributed by atoms with Crippen molar-refractivity contribution in [3.63, 3.8) is 0 Å². The summed E-state index contributed by atoms with van der Waals surface area (Å²) in [5, 5.41) is 11.8. The minimum Gasteiger partial charge on any atom is -0.361 e. The molecule has 0 aromatic rings. The molecule has 0 saturated carbocycles. The lowest BCUT2D eigenvalue weighted by molar-refractivity contribution is -0.164. The van der Waals surface area contributed by atoms with Crippen LogP contribution in [0.3, 0.4) is 0 Å². The van der Waals surface area contributed by atoms with E-state index < -0.39 is 11.4 Å². The predicted octanol–water partition coefficient (Wildman–Crippen LogP) is -0.466. The molecule has 1 heterocycles. The van der Waals surface area contributed by atoms with Gasteiger partial charge in [-0.3, -0.25) is 10.0 Å². The summed E-state index contributed by atoms with van der Waals surface area (Å²) in [5.74, 6) is -0.464. The predicted molar refractivity (Wildman–Crippen MR) is 33.7 cm³/mol. The summed E-state index contributed by atoms with van der Waals surface area (Å²) in [6.45, 7) is 0. The average molecular weight is 146 g/mol. The lowest BCUT2D eigenvalue weighted by atomic mass is 10.5. The fourth-order valence-corrected chi connectivity index (χ4v) is 0.673. The van der Waals surface area contributed by atoms with E-state index in [1.165, 1.54) is 12.3 Å². The summed E-state index contributed by atoms with van der Waals surface area (Å²) < 4.78 is 0. The Morgan fingerprint density at radius 1 is 1.89 bits per heavy atom. The molecule has 1 rings (SSSR count). The van der Waals surface area contributed by atoms with E-state index in [2.05, 4.69) is 17.9 Å². The van der Waals surface area contributed by atoms with Crippen LogP contribution < -0.4 is 5.32 Å². The van der Waals surface area contributed by atoms with Crippen LogP contribution in [0.25, 0.3) is 0 Å². The smallest absolute Gasteiger partial charge is 0.274 e. The van der Waals surface area contributed by atoms with E-state index in [1.54, 1.807) is 0 Å². The summed E-state index contributed by atoms with van der Waals surface area (Å²) in [6.07, 6.45) is 2.65. The van der Waals surface area contributed by atoms with Crippen molar-refractivity contribution in [1.29, 1.82) is 0 Å². The molecule has 1 unspecified atom stereocenters. The summed E-state index contributed by atoms with van der Waals surface area (Å²) in [4.78, 5) is 10.5. The standard InChI is InChI=1S/C4H6N2O2S/c7-3-1-2-5-4(9)6(3)8/h1-2,4-5,8-9H. The lowest BCUT2D eigenvalue weighted by Crippen LogP contribution is -2.43. The topological polar surface area (TPSA) is 52.6 Å². The first-order chi connectivity index (χ1) is 4.22. The first-order valence-corrected chi connectivity index (χ1v) is 2.86. The van der Waals surface area contributed by atoms with E-state index >= 15 is 0 Å². The van der Waals surface area contributed by atoms with E-state index in [0.29, 0.717) is 5.06 Å². The molecule has 0 aliphatic carbocycles. The molecule has 0 aromatic carbocycles. The van der Waals surface area contributed by atoms with Crippen LogP contribution in [0.2, 0.25) is 0 Å². The Morgan fingerprint density at radius 3 is 3.00 bits per heavy atom. The van der Waals surface area contributed by atoms with Crippen molar-refractivity contribution in [3.05, 3.63) is 12.3 Å². The molecule has 1 amide bonds. The van der Waals surface area contributed by atoms with Crippen molar-refractivity contribution in [2.75, 3.05) is 0 Å². The van der Waals surface area contributed by atoms with Crippen molar-refractivity contribution in [3.8, 4) is 0 Å².